The maximum atomic E-state index is 12.1. The molecule has 0 bridgehead atoms. The van der Waals surface area contributed by atoms with Crippen LogP contribution < -0.4 is 10.1 Å². The molecular formula is C20H25NO3. The van der Waals surface area contributed by atoms with E-state index in [1.54, 1.807) is 0 Å². The number of carbonyl (C=O) groups excluding carboxylic acids is 1. The van der Waals surface area contributed by atoms with Crippen molar-refractivity contribution in [2.45, 2.75) is 33.2 Å². The van der Waals surface area contributed by atoms with Gasteiger partial charge in [-0.2, -0.15) is 0 Å². The van der Waals surface area contributed by atoms with Gasteiger partial charge in [-0.3, -0.25) is 4.79 Å². The minimum atomic E-state index is -0.0311. The highest BCUT2D eigenvalue weighted by molar-refractivity contribution is 5.76. The summed E-state index contributed by atoms with van der Waals surface area (Å²) in [5.74, 6) is 0.715. The molecule has 0 heterocycles. The first-order valence-corrected chi connectivity index (χ1v) is 8.24. The number of aryl methyl sites for hydroxylation is 3. The molecule has 24 heavy (non-hydrogen) atoms. The highest BCUT2D eigenvalue weighted by atomic mass is 16.5. The van der Waals surface area contributed by atoms with Crippen LogP contribution in [0.4, 0.5) is 0 Å². The second-order valence-electron chi connectivity index (χ2n) is 5.95. The maximum Gasteiger partial charge on any atom is 0.220 e. The van der Waals surface area contributed by atoms with Gasteiger partial charge in [0.1, 0.15) is 12.4 Å². The summed E-state index contributed by atoms with van der Waals surface area (Å²) < 4.78 is 5.47. The van der Waals surface area contributed by atoms with Gasteiger partial charge in [0.15, 0.2) is 0 Å². The molecule has 0 aliphatic heterocycles. The number of rotatable bonds is 8. The first-order chi connectivity index (χ1) is 11.6. The Balaban J connectivity index is 1.85. The van der Waals surface area contributed by atoms with Crippen molar-refractivity contribution in [1.82, 2.24) is 5.32 Å². The smallest absolute Gasteiger partial charge is 0.220 e. The molecular weight excluding hydrogens is 302 g/mol. The van der Waals surface area contributed by atoms with Crippen LogP contribution in [0.5, 0.6) is 5.75 Å². The minimum absolute atomic E-state index is 0.0196. The summed E-state index contributed by atoms with van der Waals surface area (Å²) in [4.78, 5) is 12.1. The fourth-order valence-corrected chi connectivity index (χ4v) is 2.70. The van der Waals surface area contributed by atoms with Crippen molar-refractivity contribution in [2.24, 2.45) is 0 Å². The highest BCUT2D eigenvalue weighted by Crippen LogP contribution is 2.17. The molecule has 2 rings (SSSR count). The number of hydrogen-bond acceptors (Lipinski definition) is 3. The maximum absolute atomic E-state index is 12.1. The predicted molar refractivity (Wildman–Crippen MR) is 95.1 cm³/mol. The zero-order valence-corrected chi connectivity index (χ0v) is 14.3. The Morgan fingerprint density at radius 1 is 1.12 bits per heavy atom. The van der Waals surface area contributed by atoms with Gasteiger partial charge in [0.05, 0.1) is 6.61 Å². The summed E-state index contributed by atoms with van der Waals surface area (Å²) in [7, 11) is 0. The van der Waals surface area contributed by atoms with E-state index in [4.69, 9.17) is 9.84 Å². The van der Waals surface area contributed by atoms with Gasteiger partial charge in [0.25, 0.3) is 0 Å². The zero-order valence-electron chi connectivity index (χ0n) is 14.3. The second-order valence-corrected chi connectivity index (χ2v) is 5.95. The quantitative estimate of drug-likeness (QED) is 0.784. The molecule has 0 aromatic heterocycles. The van der Waals surface area contributed by atoms with E-state index in [0.717, 1.165) is 12.0 Å². The topological polar surface area (TPSA) is 58.6 Å². The summed E-state index contributed by atoms with van der Waals surface area (Å²) in [6, 6.07) is 13.9. The van der Waals surface area contributed by atoms with Gasteiger partial charge in [-0.1, -0.05) is 47.5 Å². The summed E-state index contributed by atoms with van der Waals surface area (Å²) in [5.41, 5.74) is 4.54. The molecule has 2 aromatic rings. The van der Waals surface area contributed by atoms with Crippen LogP contribution in [0, 0.1) is 13.8 Å². The number of amides is 1. The lowest BCUT2D eigenvalue weighted by Gasteiger charge is -2.11. The molecule has 1 amide bonds. The number of aliphatic hydroxyl groups excluding tert-OH is 1. The second kappa shape index (κ2) is 9.08. The molecule has 4 nitrogen and oxygen atoms in total. The Hall–Kier alpha value is -2.33. The Bertz CT molecular complexity index is 662. The molecule has 128 valence electrons. The lowest BCUT2D eigenvalue weighted by Crippen LogP contribution is -2.23. The Morgan fingerprint density at radius 2 is 1.83 bits per heavy atom. The van der Waals surface area contributed by atoms with Crippen molar-refractivity contribution < 1.29 is 14.6 Å². The van der Waals surface area contributed by atoms with E-state index in [1.807, 2.05) is 24.3 Å². The van der Waals surface area contributed by atoms with Gasteiger partial charge in [0, 0.05) is 18.5 Å². The van der Waals surface area contributed by atoms with Gasteiger partial charge in [-0.15, -0.1) is 0 Å². The van der Waals surface area contributed by atoms with Gasteiger partial charge in [-0.25, -0.2) is 0 Å². The summed E-state index contributed by atoms with van der Waals surface area (Å²) in [6.07, 6.45) is 1.19. The van der Waals surface area contributed by atoms with Crippen LogP contribution in [-0.4, -0.2) is 24.2 Å². The monoisotopic (exact) mass is 327 g/mol. The van der Waals surface area contributed by atoms with E-state index in [0.29, 0.717) is 18.7 Å². The molecule has 2 N–H and O–H groups in total. The van der Waals surface area contributed by atoms with E-state index in [1.165, 1.54) is 16.7 Å². The predicted octanol–water partition coefficient (Wildman–Crippen LogP) is 2.92. The average Bonchev–Trinajstić information content (AvgIpc) is 2.56. The van der Waals surface area contributed by atoms with Gasteiger partial charge >= 0.3 is 0 Å². The van der Waals surface area contributed by atoms with Crippen molar-refractivity contribution in [3.63, 3.8) is 0 Å². The Kier molecular flexibility index (Phi) is 6.82. The number of ether oxygens (including phenoxy) is 1. The van der Waals surface area contributed by atoms with Gasteiger partial charge < -0.3 is 15.2 Å². The van der Waals surface area contributed by atoms with Gasteiger partial charge in [-0.05, 0) is 31.9 Å². The molecule has 0 saturated heterocycles. The molecule has 4 heteroatoms. The number of para-hydroxylation sites is 1. The molecule has 0 atom stereocenters. The van der Waals surface area contributed by atoms with E-state index in [2.05, 4.69) is 37.4 Å². The largest absolute Gasteiger partial charge is 0.491 e. The molecule has 0 spiro atoms. The van der Waals surface area contributed by atoms with E-state index >= 15 is 0 Å². The number of carbonyl (C=O) groups is 1. The molecule has 0 fully saturated rings. The SMILES string of the molecule is Cc1cc(C)cc(CCC(=O)NCc2ccccc2OCCO)c1. The van der Waals surface area contributed by atoms with Crippen LogP contribution in [0.3, 0.4) is 0 Å². The first kappa shape index (κ1) is 18.0. The fraction of sp³-hybridized carbons (Fsp3) is 0.350. The van der Waals surface area contributed by atoms with Crippen LogP contribution in [-0.2, 0) is 17.8 Å². The third kappa shape index (κ3) is 5.70. The van der Waals surface area contributed by atoms with E-state index < -0.39 is 0 Å². The lowest BCUT2D eigenvalue weighted by atomic mass is 10.0. The minimum Gasteiger partial charge on any atom is -0.491 e. The Labute approximate surface area is 143 Å². The molecule has 0 radical (unpaired) electrons. The van der Waals surface area contributed by atoms with Crippen molar-refractivity contribution in [3.05, 3.63) is 64.7 Å². The summed E-state index contributed by atoms with van der Waals surface area (Å²) in [5, 5.41) is 11.8. The van der Waals surface area contributed by atoms with Crippen molar-refractivity contribution >= 4 is 5.91 Å². The highest BCUT2D eigenvalue weighted by Gasteiger charge is 2.07. The van der Waals surface area contributed by atoms with Crippen molar-refractivity contribution in [3.8, 4) is 5.75 Å². The van der Waals surface area contributed by atoms with Crippen LogP contribution in [0.15, 0.2) is 42.5 Å². The summed E-state index contributed by atoms with van der Waals surface area (Å²) >= 11 is 0. The standard InChI is InChI=1S/C20H25NO3/c1-15-11-16(2)13-17(12-15)7-8-20(23)21-14-18-5-3-4-6-19(18)24-10-9-22/h3-6,11-13,22H,7-10,14H2,1-2H3,(H,21,23). The lowest BCUT2D eigenvalue weighted by molar-refractivity contribution is -0.121. The molecule has 2 aromatic carbocycles. The van der Waals surface area contributed by atoms with Crippen molar-refractivity contribution in [2.75, 3.05) is 13.2 Å². The normalized spacial score (nSPS) is 10.5. The Morgan fingerprint density at radius 3 is 2.54 bits per heavy atom. The van der Waals surface area contributed by atoms with Crippen molar-refractivity contribution in [1.29, 1.82) is 0 Å². The number of aliphatic hydroxyl groups is 1. The first-order valence-electron chi connectivity index (χ1n) is 8.24. The third-order valence-electron chi connectivity index (χ3n) is 3.72. The van der Waals surface area contributed by atoms with Crippen LogP contribution >= 0.6 is 0 Å². The molecule has 0 saturated carbocycles. The summed E-state index contributed by atoms with van der Waals surface area (Å²) in [6.45, 7) is 4.78. The molecule has 0 aliphatic carbocycles. The zero-order chi connectivity index (χ0) is 17.4. The van der Waals surface area contributed by atoms with Gasteiger partial charge in [0.2, 0.25) is 5.91 Å². The number of hydrogen-bond donors (Lipinski definition) is 2. The van der Waals surface area contributed by atoms with Crippen LogP contribution in [0.25, 0.3) is 0 Å². The number of benzene rings is 2. The van der Waals surface area contributed by atoms with Crippen LogP contribution in [0.2, 0.25) is 0 Å². The fourth-order valence-electron chi connectivity index (χ4n) is 2.70. The van der Waals surface area contributed by atoms with E-state index in [9.17, 15) is 4.79 Å². The number of nitrogens with one attached hydrogen (secondary N) is 1. The van der Waals surface area contributed by atoms with Crippen LogP contribution in [0.1, 0.15) is 28.7 Å². The average molecular weight is 327 g/mol. The molecule has 0 unspecified atom stereocenters. The third-order valence-corrected chi connectivity index (χ3v) is 3.72. The van der Waals surface area contributed by atoms with E-state index in [-0.39, 0.29) is 19.1 Å². The molecule has 0 aliphatic rings.